The molecule has 0 aliphatic rings. The molecule has 7 heteroatoms. The van der Waals surface area contributed by atoms with E-state index in [1.54, 1.807) is 17.0 Å². The van der Waals surface area contributed by atoms with E-state index in [0.717, 1.165) is 0 Å². The molecule has 0 aliphatic heterocycles. The minimum Gasteiger partial charge on any atom is -0.507 e. The van der Waals surface area contributed by atoms with Gasteiger partial charge in [-0.15, -0.1) is 0 Å². The highest BCUT2D eigenvalue weighted by Gasteiger charge is 2.20. The lowest BCUT2D eigenvalue weighted by Gasteiger charge is -2.25. The molecule has 0 heterocycles. The average molecular weight is 358 g/mol. The molecule has 21 heavy (non-hydrogen) atoms. The van der Waals surface area contributed by atoms with Gasteiger partial charge in [0, 0.05) is 24.0 Å². The summed E-state index contributed by atoms with van der Waals surface area (Å²) in [6.45, 7) is 4.83. The molecule has 1 aromatic carbocycles. The molecule has 0 aliphatic carbocycles. The largest absolute Gasteiger partial charge is 0.507 e. The molecule has 0 atom stereocenters. The van der Waals surface area contributed by atoms with Crippen LogP contribution in [0.15, 0.2) is 27.8 Å². The second kappa shape index (κ2) is 7.87. The maximum absolute atomic E-state index is 12.5. The number of rotatable bonds is 6. The molecule has 6 nitrogen and oxygen atoms in total. The molecule has 1 amide bonds. The normalized spacial score (nSPS) is 11.7. The molecule has 1 aromatic rings. The Bertz CT molecular complexity index is 532. The molecule has 0 saturated carbocycles. The highest BCUT2D eigenvalue weighted by atomic mass is 79.9. The summed E-state index contributed by atoms with van der Waals surface area (Å²) in [5.41, 5.74) is 5.68. The maximum atomic E-state index is 12.5. The lowest BCUT2D eigenvalue weighted by Crippen LogP contribution is -2.36. The van der Waals surface area contributed by atoms with Gasteiger partial charge in [-0.1, -0.05) is 34.9 Å². The SMILES string of the molecule is CC(C)CN(CCC(N)=NO)C(=O)c1ccc(Br)cc1O. The predicted molar refractivity (Wildman–Crippen MR) is 84.6 cm³/mol. The summed E-state index contributed by atoms with van der Waals surface area (Å²) in [4.78, 5) is 14.1. The van der Waals surface area contributed by atoms with Gasteiger partial charge in [0.25, 0.3) is 5.91 Å². The molecule has 0 fully saturated rings. The monoisotopic (exact) mass is 357 g/mol. The fourth-order valence-corrected chi connectivity index (χ4v) is 2.22. The van der Waals surface area contributed by atoms with Crippen LogP contribution in [0, 0.1) is 5.92 Å². The van der Waals surface area contributed by atoms with Gasteiger partial charge in [-0.05, 0) is 24.1 Å². The molecule has 0 saturated heterocycles. The minimum atomic E-state index is -0.278. The van der Waals surface area contributed by atoms with Crippen LogP contribution in [0.3, 0.4) is 0 Å². The molecule has 0 aromatic heterocycles. The zero-order valence-corrected chi connectivity index (χ0v) is 13.7. The molecule has 1 rings (SSSR count). The second-order valence-electron chi connectivity index (χ2n) is 5.15. The van der Waals surface area contributed by atoms with Crippen LogP contribution in [-0.2, 0) is 0 Å². The van der Waals surface area contributed by atoms with Gasteiger partial charge in [0.05, 0.1) is 5.56 Å². The Kier molecular flexibility index (Phi) is 6.48. The summed E-state index contributed by atoms with van der Waals surface area (Å²) in [5, 5.41) is 21.4. The maximum Gasteiger partial charge on any atom is 0.257 e. The van der Waals surface area contributed by atoms with Crippen LogP contribution in [0.5, 0.6) is 5.75 Å². The first-order valence-electron chi connectivity index (χ1n) is 6.59. The van der Waals surface area contributed by atoms with E-state index < -0.39 is 0 Å². The van der Waals surface area contributed by atoms with Gasteiger partial charge in [0.15, 0.2) is 0 Å². The molecule has 0 unspecified atom stereocenters. The number of nitrogens with two attached hydrogens (primary N) is 1. The molecule has 116 valence electrons. The van der Waals surface area contributed by atoms with Crippen molar-refractivity contribution in [2.24, 2.45) is 16.8 Å². The summed E-state index contributed by atoms with van der Waals surface area (Å²) in [5.74, 6) is -0.0261. The van der Waals surface area contributed by atoms with E-state index in [0.29, 0.717) is 17.6 Å². The number of phenolic OH excluding ortho intramolecular Hbond substituents is 1. The van der Waals surface area contributed by atoms with Crippen LogP contribution < -0.4 is 5.73 Å². The van der Waals surface area contributed by atoms with Crippen molar-refractivity contribution in [1.82, 2.24) is 4.90 Å². The van der Waals surface area contributed by atoms with E-state index in [1.807, 2.05) is 13.8 Å². The minimum absolute atomic E-state index is 0.0663. The molecule has 4 N–H and O–H groups in total. The van der Waals surface area contributed by atoms with Gasteiger partial charge in [-0.25, -0.2) is 0 Å². The van der Waals surface area contributed by atoms with Crippen molar-refractivity contribution in [3.63, 3.8) is 0 Å². The van der Waals surface area contributed by atoms with E-state index in [9.17, 15) is 9.90 Å². The number of aromatic hydroxyl groups is 1. The first kappa shape index (κ1) is 17.3. The Morgan fingerprint density at radius 3 is 2.67 bits per heavy atom. The second-order valence-corrected chi connectivity index (χ2v) is 6.06. The zero-order chi connectivity index (χ0) is 16.0. The summed E-state index contributed by atoms with van der Waals surface area (Å²) in [7, 11) is 0. The number of halogens is 1. The molecule has 0 spiro atoms. The number of nitrogens with zero attached hydrogens (tertiary/aromatic N) is 2. The van der Waals surface area contributed by atoms with Crippen molar-refractivity contribution in [2.45, 2.75) is 20.3 Å². The van der Waals surface area contributed by atoms with Crippen molar-refractivity contribution >= 4 is 27.7 Å². The zero-order valence-electron chi connectivity index (χ0n) is 12.1. The first-order chi connectivity index (χ1) is 9.85. The van der Waals surface area contributed by atoms with Crippen LogP contribution in [0.1, 0.15) is 30.6 Å². The van der Waals surface area contributed by atoms with E-state index >= 15 is 0 Å². The van der Waals surface area contributed by atoms with Crippen molar-refractivity contribution in [2.75, 3.05) is 13.1 Å². The molecule has 0 radical (unpaired) electrons. The van der Waals surface area contributed by atoms with Crippen molar-refractivity contribution < 1.29 is 15.1 Å². The highest BCUT2D eigenvalue weighted by Crippen LogP contribution is 2.24. The van der Waals surface area contributed by atoms with Crippen molar-refractivity contribution in [3.8, 4) is 5.75 Å². The van der Waals surface area contributed by atoms with Crippen LogP contribution in [0.25, 0.3) is 0 Å². The number of oxime groups is 1. The summed E-state index contributed by atoms with van der Waals surface area (Å²) >= 11 is 3.24. The Morgan fingerprint density at radius 1 is 1.48 bits per heavy atom. The smallest absolute Gasteiger partial charge is 0.257 e. The van der Waals surface area contributed by atoms with Crippen LogP contribution >= 0.6 is 15.9 Å². The fraction of sp³-hybridized carbons (Fsp3) is 0.429. The standard InChI is InChI=1S/C14H20BrN3O3/c1-9(2)8-18(6-5-13(16)17-21)14(20)11-4-3-10(15)7-12(11)19/h3-4,7,9,19,21H,5-6,8H2,1-2H3,(H2,16,17). The van der Waals surface area contributed by atoms with E-state index in [4.69, 9.17) is 10.9 Å². The summed E-state index contributed by atoms with van der Waals surface area (Å²) < 4.78 is 0.698. The number of hydrogen-bond acceptors (Lipinski definition) is 4. The number of carbonyl (C=O) groups excluding carboxylic acids is 1. The van der Waals surface area contributed by atoms with Gasteiger partial charge in [0.2, 0.25) is 0 Å². The van der Waals surface area contributed by atoms with E-state index in [2.05, 4.69) is 21.1 Å². The number of hydrogen-bond donors (Lipinski definition) is 3. The van der Waals surface area contributed by atoms with Crippen molar-refractivity contribution in [1.29, 1.82) is 0 Å². The summed E-state index contributed by atoms with van der Waals surface area (Å²) in [6.07, 6.45) is 0.270. The predicted octanol–water partition coefficient (Wildman–Crippen LogP) is 2.39. The third-order valence-corrected chi connectivity index (χ3v) is 3.32. The van der Waals surface area contributed by atoms with E-state index in [1.165, 1.54) is 6.07 Å². The van der Waals surface area contributed by atoms with Gasteiger partial charge in [-0.2, -0.15) is 0 Å². The molecular formula is C14H20BrN3O3. The van der Waals surface area contributed by atoms with Crippen LogP contribution in [0.4, 0.5) is 0 Å². The average Bonchev–Trinajstić information content (AvgIpc) is 2.42. The Hall–Kier alpha value is -1.76. The van der Waals surface area contributed by atoms with Crippen LogP contribution in [-0.4, -0.2) is 40.0 Å². The quantitative estimate of drug-likeness (QED) is 0.315. The van der Waals surface area contributed by atoms with E-state index in [-0.39, 0.29) is 35.4 Å². The molecular weight excluding hydrogens is 338 g/mol. The topological polar surface area (TPSA) is 99.1 Å². The van der Waals surface area contributed by atoms with Crippen molar-refractivity contribution in [3.05, 3.63) is 28.2 Å². The number of benzene rings is 1. The summed E-state index contributed by atoms with van der Waals surface area (Å²) in [6, 6.07) is 4.74. The number of carbonyl (C=O) groups is 1. The Morgan fingerprint density at radius 2 is 2.14 bits per heavy atom. The number of amides is 1. The Balaban J connectivity index is 2.93. The number of amidine groups is 1. The van der Waals surface area contributed by atoms with Gasteiger partial charge in [0.1, 0.15) is 11.6 Å². The lowest BCUT2D eigenvalue weighted by atomic mass is 10.1. The highest BCUT2D eigenvalue weighted by molar-refractivity contribution is 9.10. The van der Waals surface area contributed by atoms with Gasteiger partial charge >= 0.3 is 0 Å². The Labute approximate surface area is 132 Å². The third kappa shape index (κ3) is 5.26. The fourth-order valence-electron chi connectivity index (χ4n) is 1.87. The van der Waals surface area contributed by atoms with Crippen LogP contribution in [0.2, 0.25) is 0 Å². The first-order valence-corrected chi connectivity index (χ1v) is 7.38. The number of phenols is 1. The third-order valence-electron chi connectivity index (χ3n) is 2.83. The lowest BCUT2D eigenvalue weighted by molar-refractivity contribution is 0.0737. The molecule has 0 bridgehead atoms. The van der Waals surface area contributed by atoms with Gasteiger partial charge < -0.3 is 20.9 Å². The van der Waals surface area contributed by atoms with Gasteiger partial charge in [-0.3, -0.25) is 4.79 Å².